The van der Waals surface area contributed by atoms with Crippen LogP contribution in [0.15, 0.2) is 0 Å². The van der Waals surface area contributed by atoms with E-state index in [0.29, 0.717) is 0 Å². The van der Waals surface area contributed by atoms with E-state index < -0.39 is 0 Å². The molecule has 0 radical (unpaired) electrons. The molecule has 1 fully saturated rings. The number of hydrogen-bond donors (Lipinski definition) is 4. The van der Waals surface area contributed by atoms with E-state index in [1.807, 2.05) is 0 Å². The van der Waals surface area contributed by atoms with Crippen LogP contribution < -0.4 is 22.9 Å². The number of hydrogen-bond acceptors (Lipinski definition) is 4. The molecule has 0 unspecified atom stereocenters. The monoisotopic (exact) mass is 192 g/mol. The zero-order chi connectivity index (χ0) is 4.24. The van der Waals surface area contributed by atoms with Crippen molar-refractivity contribution >= 4 is 24.8 Å². The molecule has 1 rings (SSSR count). The quantitative estimate of drug-likeness (QED) is 0.446. The summed E-state index contributed by atoms with van der Waals surface area (Å²) < 4.78 is 0. The second-order valence-corrected chi connectivity index (χ2v) is 1.50. The number of piperazine rings is 1. The number of halogens is 2. The van der Waals surface area contributed by atoms with Gasteiger partial charge in [-0.3, -0.25) is 0 Å². The molecule has 0 bridgehead atoms. The van der Waals surface area contributed by atoms with Gasteiger partial charge < -0.3 is 22.9 Å². The number of nitrogens with one attached hydrogen (secondary N) is 2. The Hall–Kier alpha value is 0.420. The average Bonchev–Trinajstić information content (AvgIpc) is 1.72. The van der Waals surface area contributed by atoms with Gasteiger partial charge in [-0.15, -0.1) is 24.8 Å². The van der Waals surface area contributed by atoms with Crippen molar-refractivity contribution in [1.29, 1.82) is 0 Å². The van der Waals surface area contributed by atoms with E-state index in [1.165, 1.54) is 0 Å². The second kappa shape index (κ2) is 16.2. The van der Waals surface area contributed by atoms with E-state index in [9.17, 15) is 0 Å². The van der Waals surface area contributed by atoms with Crippen LogP contribution in [-0.4, -0.2) is 26.2 Å². The van der Waals surface area contributed by atoms with Gasteiger partial charge in [-0.05, 0) is 0 Å². The van der Waals surface area contributed by atoms with Crippen LogP contribution in [0.1, 0.15) is 0 Å². The first-order chi connectivity index (χ1) is 3.00. The van der Waals surface area contributed by atoms with Crippen LogP contribution in [-0.2, 0) is 0 Å². The molecule has 0 saturated carbocycles. The highest BCUT2D eigenvalue weighted by atomic mass is 35.5. The Morgan fingerprint density at radius 3 is 0.900 bits per heavy atom. The molecule has 0 spiro atoms. The minimum Gasteiger partial charge on any atom is -0.344 e. The zero-order valence-electron chi connectivity index (χ0n) is 6.06. The standard InChI is InChI=1S/C4H10N2.2ClH.2H3N/c1-2-6-4-3-5-1;;;;/h5-6H,1-4H2;2*1H;2*1H3. The van der Waals surface area contributed by atoms with Gasteiger partial charge in [0.25, 0.3) is 0 Å². The molecular formula is C4H18Cl2N4. The summed E-state index contributed by atoms with van der Waals surface area (Å²) in [7, 11) is 0. The molecular weight excluding hydrogens is 175 g/mol. The predicted molar refractivity (Wildman–Crippen MR) is 50.3 cm³/mol. The van der Waals surface area contributed by atoms with E-state index >= 15 is 0 Å². The van der Waals surface area contributed by atoms with Crippen molar-refractivity contribution in [3.05, 3.63) is 0 Å². The summed E-state index contributed by atoms with van der Waals surface area (Å²) >= 11 is 0. The van der Waals surface area contributed by atoms with Crippen LogP contribution >= 0.6 is 24.8 Å². The molecule has 6 heteroatoms. The fourth-order valence-electron chi connectivity index (χ4n) is 0.604. The highest BCUT2D eigenvalue weighted by Crippen LogP contribution is 1.65. The van der Waals surface area contributed by atoms with Crippen LogP contribution in [0.3, 0.4) is 0 Å². The molecule has 0 aliphatic carbocycles. The van der Waals surface area contributed by atoms with Crippen LogP contribution in [0.25, 0.3) is 0 Å². The Morgan fingerprint density at radius 2 is 0.800 bits per heavy atom. The summed E-state index contributed by atoms with van der Waals surface area (Å²) in [6, 6.07) is 0. The van der Waals surface area contributed by atoms with Crippen molar-refractivity contribution in [3.8, 4) is 0 Å². The van der Waals surface area contributed by atoms with Crippen molar-refractivity contribution in [2.75, 3.05) is 26.2 Å². The van der Waals surface area contributed by atoms with Gasteiger partial charge in [0, 0.05) is 26.2 Å². The Balaban J connectivity index is -0.0000000450. The first-order valence-electron chi connectivity index (χ1n) is 2.41. The summed E-state index contributed by atoms with van der Waals surface area (Å²) in [5.41, 5.74) is 0. The van der Waals surface area contributed by atoms with Crippen molar-refractivity contribution in [1.82, 2.24) is 22.9 Å². The lowest BCUT2D eigenvalue weighted by Crippen LogP contribution is -2.39. The maximum absolute atomic E-state index is 3.22. The van der Waals surface area contributed by atoms with Crippen LogP contribution in [0.2, 0.25) is 0 Å². The normalized spacial score (nSPS) is 14.4. The van der Waals surface area contributed by atoms with Gasteiger partial charge in [-0.2, -0.15) is 0 Å². The molecule has 4 nitrogen and oxygen atoms in total. The molecule has 8 N–H and O–H groups in total. The van der Waals surface area contributed by atoms with Crippen LogP contribution in [0.4, 0.5) is 0 Å². The Kier molecular flexibility index (Phi) is 36.4. The largest absolute Gasteiger partial charge is 0.344 e. The maximum Gasteiger partial charge on any atom is 0.00772 e. The average molecular weight is 193 g/mol. The number of rotatable bonds is 0. The van der Waals surface area contributed by atoms with Crippen molar-refractivity contribution in [2.45, 2.75) is 0 Å². The summed E-state index contributed by atoms with van der Waals surface area (Å²) in [6.45, 7) is 4.56. The first-order valence-corrected chi connectivity index (χ1v) is 2.41. The summed E-state index contributed by atoms with van der Waals surface area (Å²) in [6.07, 6.45) is 0. The Labute approximate surface area is 74.5 Å². The lowest BCUT2D eigenvalue weighted by molar-refractivity contribution is 0.534. The lowest BCUT2D eigenvalue weighted by Gasteiger charge is -2.11. The molecule has 68 valence electrons. The predicted octanol–water partition coefficient (Wildman–Crippen LogP) is 0.347. The molecule has 1 heterocycles. The highest BCUT2D eigenvalue weighted by molar-refractivity contribution is 5.85. The third-order valence-electron chi connectivity index (χ3n) is 0.957. The van der Waals surface area contributed by atoms with Gasteiger partial charge in [0.2, 0.25) is 0 Å². The van der Waals surface area contributed by atoms with E-state index in [2.05, 4.69) is 10.6 Å². The molecule has 0 aromatic rings. The third kappa shape index (κ3) is 11.2. The minimum atomic E-state index is 0. The lowest BCUT2D eigenvalue weighted by atomic mass is 10.4. The zero-order valence-corrected chi connectivity index (χ0v) is 7.69. The minimum absolute atomic E-state index is 0. The molecule has 0 aromatic heterocycles. The molecule has 0 aromatic carbocycles. The van der Waals surface area contributed by atoms with Crippen molar-refractivity contribution in [3.63, 3.8) is 0 Å². The topological polar surface area (TPSA) is 94.1 Å². The molecule has 1 aliphatic heterocycles. The van der Waals surface area contributed by atoms with E-state index in [4.69, 9.17) is 0 Å². The van der Waals surface area contributed by atoms with Gasteiger partial charge in [-0.1, -0.05) is 0 Å². The molecule has 1 saturated heterocycles. The fraction of sp³-hybridized carbons (Fsp3) is 1.00. The third-order valence-corrected chi connectivity index (χ3v) is 0.957. The fourth-order valence-corrected chi connectivity index (χ4v) is 0.604. The Morgan fingerprint density at radius 1 is 0.600 bits per heavy atom. The summed E-state index contributed by atoms with van der Waals surface area (Å²) in [5.74, 6) is 0. The van der Waals surface area contributed by atoms with E-state index in [0.717, 1.165) is 26.2 Å². The van der Waals surface area contributed by atoms with E-state index in [-0.39, 0.29) is 37.1 Å². The second-order valence-electron chi connectivity index (χ2n) is 1.50. The van der Waals surface area contributed by atoms with Gasteiger partial charge in [0.05, 0.1) is 0 Å². The smallest absolute Gasteiger partial charge is 0.00772 e. The van der Waals surface area contributed by atoms with Crippen LogP contribution in [0, 0.1) is 0 Å². The maximum atomic E-state index is 3.22. The molecule has 0 amide bonds. The van der Waals surface area contributed by atoms with Gasteiger partial charge >= 0.3 is 0 Å². The summed E-state index contributed by atoms with van der Waals surface area (Å²) in [5, 5.41) is 6.44. The SMILES string of the molecule is C1CNCCN1.Cl.Cl.N.N. The van der Waals surface area contributed by atoms with Gasteiger partial charge in [0.1, 0.15) is 0 Å². The van der Waals surface area contributed by atoms with Crippen LogP contribution in [0.5, 0.6) is 0 Å². The summed E-state index contributed by atoms with van der Waals surface area (Å²) in [4.78, 5) is 0. The van der Waals surface area contributed by atoms with E-state index in [1.54, 1.807) is 0 Å². The molecule has 0 atom stereocenters. The highest BCUT2D eigenvalue weighted by Gasteiger charge is 1.91. The van der Waals surface area contributed by atoms with Gasteiger partial charge in [0.15, 0.2) is 0 Å². The molecule has 10 heavy (non-hydrogen) atoms. The van der Waals surface area contributed by atoms with Gasteiger partial charge in [-0.25, -0.2) is 0 Å². The Bertz CT molecular complexity index is 30.7. The molecule has 1 aliphatic rings. The van der Waals surface area contributed by atoms with Crippen molar-refractivity contribution < 1.29 is 0 Å². The first kappa shape index (κ1) is 22.4. The van der Waals surface area contributed by atoms with Crippen molar-refractivity contribution in [2.24, 2.45) is 0 Å².